The minimum Gasteiger partial charge on any atom is -0.480 e. The highest BCUT2D eigenvalue weighted by atomic mass is 32.2. The molecule has 1 aliphatic rings. The maximum Gasteiger partial charge on any atom is 0.318 e. The molecule has 0 aromatic heterocycles. The van der Waals surface area contributed by atoms with Crippen LogP contribution in [0.4, 0.5) is 0 Å². The first kappa shape index (κ1) is 9.71. The van der Waals surface area contributed by atoms with Crippen LogP contribution in [0.25, 0.3) is 0 Å². The number of hydrogen-bond acceptors (Lipinski definition) is 2. The van der Waals surface area contributed by atoms with Crippen LogP contribution in [-0.2, 0) is 15.6 Å². The summed E-state index contributed by atoms with van der Waals surface area (Å²) in [5, 5.41) is 7.86. The van der Waals surface area contributed by atoms with Gasteiger partial charge >= 0.3 is 5.97 Å². The highest BCUT2D eigenvalue weighted by molar-refractivity contribution is 7.86. The zero-order chi connectivity index (χ0) is 9.14. The molecule has 2 unspecified atom stereocenters. The molecule has 0 aromatic rings. The third kappa shape index (κ3) is 2.30. The molecule has 0 heterocycles. The molecule has 0 spiro atoms. The van der Waals surface area contributed by atoms with Gasteiger partial charge in [0, 0.05) is 16.6 Å². The number of carboxylic acid groups (broad SMARTS) is 1. The predicted octanol–water partition coefficient (Wildman–Crippen LogP) is 1.01. The zero-order valence-electron chi connectivity index (χ0n) is 7.16. The van der Waals surface area contributed by atoms with E-state index in [-0.39, 0.29) is 0 Å². The second-order valence-corrected chi connectivity index (χ2v) is 5.13. The molecule has 1 fully saturated rings. The fourth-order valence-corrected chi connectivity index (χ4v) is 2.46. The van der Waals surface area contributed by atoms with Crippen molar-refractivity contribution >= 4 is 16.8 Å². The molecular weight excluding hydrogens is 176 g/mol. The SMILES string of the molecule is CC(C(=O)O)S(=O)CC1CCC1. The number of rotatable bonds is 4. The first-order valence-corrected chi connectivity index (χ1v) is 5.59. The topological polar surface area (TPSA) is 54.4 Å². The lowest BCUT2D eigenvalue weighted by Crippen LogP contribution is -2.28. The van der Waals surface area contributed by atoms with Gasteiger partial charge in [0.1, 0.15) is 5.25 Å². The lowest BCUT2D eigenvalue weighted by molar-refractivity contribution is -0.136. The van der Waals surface area contributed by atoms with Crippen molar-refractivity contribution in [3.05, 3.63) is 0 Å². The minimum absolute atomic E-state index is 0.521. The highest BCUT2D eigenvalue weighted by Crippen LogP contribution is 2.27. The van der Waals surface area contributed by atoms with Crippen molar-refractivity contribution < 1.29 is 14.1 Å². The summed E-state index contributed by atoms with van der Waals surface area (Å²) in [5.41, 5.74) is 0. The van der Waals surface area contributed by atoms with E-state index in [0.717, 1.165) is 12.8 Å². The molecule has 2 atom stereocenters. The lowest BCUT2D eigenvalue weighted by atomic mass is 9.87. The molecule has 1 saturated carbocycles. The van der Waals surface area contributed by atoms with E-state index in [1.165, 1.54) is 13.3 Å². The number of carbonyl (C=O) groups is 1. The van der Waals surface area contributed by atoms with Crippen LogP contribution in [0, 0.1) is 5.92 Å². The van der Waals surface area contributed by atoms with E-state index in [1.807, 2.05) is 0 Å². The van der Waals surface area contributed by atoms with Crippen molar-refractivity contribution in [2.24, 2.45) is 5.92 Å². The molecule has 12 heavy (non-hydrogen) atoms. The van der Waals surface area contributed by atoms with Gasteiger partial charge in [-0.05, 0) is 25.7 Å². The third-order valence-electron chi connectivity index (χ3n) is 2.37. The normalized spacial score (nSPS) is 22.8. The largest absolute Gasteiger partial charge is 0.480 e. The second-order valence-electron chi connectivity index (χ2n) is 3.32. The summed E-state index contributed by atoms with van der Waals surface area (Å²) in [5.74, 6) is 0.147. The predicted molar refractivity (Wildman–Crippen MR) is 47.4 cm³/mol. The fourth-order valence-electron chi connectivity index (χ4n) is 1.15. The molecule has 1 aliphatic carbocycles. The number of aliphatic carboxylic acids is 1. The molecule has 0 bridgehead atoms. The summed E-state index contributed by atoms with van der Waals surface area (Å²) < 4.78 is 11.3. The quantitative estimate of drug-likeness (QED) is 0.719. The Morgan fingerprint density at radius 3 is 2.58 bits per heavy atom. The van der Waals surface area contributed by atoms with E-state index in [1.54, 1.807) is 0 Å². The summed E-state index contributed by atoms with van der Waals surface area (Å²) in [7, 11) is -1.17. The maximum absolute atomic E-state index is 11.3. The lowest BCUT2D eigenvalue weighted by Gasteiger charge is -2.25. The Bertz CT molecular complexity index is 198. The number of hydrogen-bond donors (Lipinski definition) is 1. The van der Waals surface area contributed by atoms with Gasteiger partial charge in [-0.1, -0.05) is 6.42 Å². The fraction of sp³-hybridized carbons (Fsp3) is 0.875. The van der Waals surface area contributed by atoms with Crippen LogP contribution in [0.3, 0.4) is 0 Å². The summed E-state index contributed by atoms with van der Waals surface area (Å²) in [6.07, 6.45) is 3.46. The Hall–Kier alpha value is -0.380. The van der Waals surface area contributed by atoms with E-state index >= 15 is 0 Å². The van der Waals surface area contributed by atoms with Crippen LogP contribution in [0.15, 0.2) is 0 Å². The summed E-state index contributed by atoms with van der Waals surface area (Å²) in [6, 6.07) is 0. The van der Waals surface area contributed by atoms with Gasteiger partial charge < -0.3 is 5.11 Å². The van der Waals surface area contributed by atoms with Crippen LogP contribution in [-0.4, -0.2) is 26.3 Å². The van der Waals surface area contributed by atoms with Crippen molar-refractivity contribution in [2.75, 3.05) is 5.75 Å². The van der Waals surface area contributed by atoms with Crippen LogP contribution in [0.5, 0.6) is 0 Å². The minimum atomic E-state index is -1.17. The standard InChI is InChI=1S/C8H14O3S/c1-6(8(9)10)12(11)5-7-3-2-4-7/h6-7H,2-5H2,1H3,(H,9,10). The summed E-state index contributed by atoms with van der Waals surface area (Å²) in [6.45, 7) is 1.51. The Balaban J connectivity index is 2.31. The van der Waals surface area contributed by atoms with E-state index in [2.05, 4.69) is 0 Å². The molecule has 1 N–H and O–H groups in total. The van der Waals surface area contributed by atoms with Gasteiger partial charge in [-0.3, -0.25) is 9.00 Å². The van der Waals surface area contributed by atoms with Crippen LogP contribution >= 0.6 is 0 Å². The van der Waals surface area contributed by atoms with Gasteiger partial charge in [0.15, 0.2) is 0 Å². The van der Waals surface area contributed by atoms with E-state index in [4.69, 9.17) is 5.11 Å². The van der Waals surface area contributed by atoms with Crippen molar-refractivity contribution in [2.45, 2.75) is 31.4 Å². The van der Waals surface area contributed by atoms with Crippen molar-refractivity contribution in [3.63, 3.8) is 0 Å². The van der Waals surface area contributed by atoms with Gasteiger partial charge in [-0.2, -0.15) is 0 Å². The summed E-state index contributed by atoms with van der Waals surface area (Å²) >= 11 is 0. The van der Waals surface area contributed by atoms with E-state index in [9.17, 15) is 9.00 Å². The Kier molecular flexibility index (Phi) is 3.26. The average molecular weight is 190 g/mol. The molecule has 0 saturated heterocycles. The molecule has 0 radical (unpaired) electrons. The smallest absolute Gasteiger partial charge is 0.318 e. The molecule has 3 nitrogen and oxygen atoms in total. The molecule has 0 aromatic carbocycles. The van der Waals surface area contributed by atoms with Gasteiger partial charge in [-0.25, -0.2) is 0 Å². The van der Waals surface area contributed by atoms with E-state index in [0.29, 0.717) is 11.7 Å². The average Bonchev–Trinajstić information content (AvgIpc) is 1.94. The Morgan fingerprint density at radius 2 is 2.25 bits per heavy atom. The Morgan fingerprint density at radius 1 is 1.67 bits per heavy atom. The van der Waals surface area contributed by atoms with Gasteiger partial charge in [0.2, 0.25) is 0 Å². The van der Waals surface area contributed by atoms with Gasteiger partial charge in [-0.15, -0.1) is 0 Å². The maximum atomic E-state index is 11.3. The Labute approximate surface area is 74.6 Å². The van der Waals surface area contributed by atoms with Crippen molar-refractivity contribution in [3.8, 4) is 0 Å². The first-order valence-electron chi connectivity index (χ1n) is 4.21. The number of carboxylic acids is 1. The van der Waals surface area contributed by atoms with Gasteiger partial charge in [0.25, 0.3) is 0 Å². The third-order valence-corrected chi connectivity index (χ3v) is 4.16. The van der Waals surface area contributed by atoms with E-state index < -0.39 is 22.0 Å². The molecule has 70 valence electrons. The molecule has 0 amide bonds. The van der Waals surface area contributed by atoms with Gasteiger partial charge in [0.05, 0.1) is 0 Å². The second kappa shape index (κ2) is 4.03. The first-order chi connectivity index (χ1) is 5.61. The van der Waals surface area contributed by atoms with Crippen LogP contribution < -0.4 is 0 Å². The van der Waals surface area contributed by atoms with Crippen LogP contribution in [0.1, 0.15) is 26.2 Å². The summed E-state index contributed by atoms with van der Waals surface area (Å²) in [4.78, 5) is 10.4. The van der Waals surface area contributed by atoms with Crippen molar-refractivity contribution in [1.29, 1.82) is 0 Å². The van der Waals surface area contributed by atoms with Crippen LogP contribution in [0.2, 0.25) is 0 Å². The molecule has 1 rings (SSSR count). The molecular formula is C8H14O3S. The van der Waals surface area contributed by atoms with Crippen molar-refractivity contribution in [1.82, 2.24) is 0 Å². The molecule has 4 heteroatoms. The highest BCUT2D eigenvalue weighted by Gasteiger charge is 2.25. The zero-order valence-corrected chi connectivity index (χ0v) is 7.97. The molecule has 0 aliphatic heterocycles. The monoisotopic (exact) mass is 190 g/mol.